The molecule has 6 heteroatoms. The van der Waals surface area contributed by atoms with Crippen LogP contribution in [-0.4, -0.2) is 19.1 Å². The second-order valence-corrected chi connectivity index (χ2v) is 3.79. The lowest BCUT2D eigenvalue weighted by molar-refractivity contribution is 0.664. The van der Waals surface area contributed by atoms with Gasteiger partial charge < -0.3 is 4.98 Å². The summed E-state index contributed by atoms with van der Waals surface area (Å²) in [6, 6.07) is 0. The maximum atomic E-state index is 11.9. The number of fused-ring (bicyclic) bond motifs is 1. The maximum Gasteiger partial charge on any atom is 0.332 e. The number of hydrogen-bond donors (Lipinski definition) is 1. The molecule has 0 fully saturated rings. The maximum absolute atomic E-state index is 11.9. The molecule has 0 radical (unpaired) electrons. The van der Waals surface area contributed by atoms with Gasteiger partial charge in [0, 0.05) is 13.6 Å². The van der Waals surface area contributed by atoms with Crippen LogP contribution in [-0.2, 0) is 13.6 Å². The van der Waals surface area contributed by atoms with Crippen molar-refractivity contribution in [2.24, 2.45) is 7.05 Å². The number of hydrogen-bond acceptors (Lipinski definition) is 3. The average molecular weight is 220 g/mol. The molecule has 0 aliphatic rings. The molecule has 2 rings (SSSR count). The number of aromatic nitrogens is 4. The molecule has 0 saturated heterocycles. The minimum Gasteiger partial charge on any atom is -0.339 e. The number of imidazole rings is 1. The molecule has 0 spiro atoms. The molecule has 0 atom stereocenters. The zero-order chi connectivity index (χ0) is 11.9. The molecule has 0 aromatic carbocycles. The van der Waals surface area contributed by atoms with Gasteiger partial charge in [0.15, 0.2) is 5.65 Å². The van der Waals surface area contributed by atoms with Crippen LogP contribution in [0.5, 0.6) is 0 Å². The predicted octanol–water partition coefficient (Wildman–Crippen LogP) is -0.000600. The molecule has 2 aromatic rings. The lowest BCUT2D eigenvalue weighted by Gasteiger charge is -2.07. The van der Waals surface area contributed by atoms with Crippen molar-refractivity contribution in [1.82, 2.24) is 19.1 Å². The first-order chi connectivity index (χ1) is 7.52. The Kier molecular flexibility index (Phi) is 2.26. The van der Waals surface area contributed by atoms with Crippen LogP contribution in [0.2, 0.25) is 0 Å². The summed E-state index contributed by atoms with van der Waals surface area (Å²) in [7, 11) is 1.44. The van der Waals surface area contributed by atoms with E-state index < -0.39 is 0 Å². The van der Waals surface area contributed by atoms with Crippen LogP contribution < -0.4 is 11.2 Å². The summed E-state index contributed by atoms with van der Waals surface area (Å²) in [5.74, 6) is 0. The fraction of sp³-hybridized carbons (Fsp3) is 0.300. The van der Waals surface area contributed by atoms with E-state index in [-0.39, 0.29) is 11.2 Å². The van der Waals surface area contributed by atoms with Crippen LogP contribution in [0, 0.1) is 0 Å². The zero-order valence-electron chi connectivity index (χ0n) is 9.15. The van der Waals surface area contributed by atoms with Crippen LogP contribution in [0.25, 0.3) is 11.2 Å². The monoisotopic (exact) mass is 220 g/mol. The minimum absolute atomic E-state index is 0.336. The van der Waals surface area contributed by atoms with E-state index in [0.717, 1.165) is 10.1 Å². The Bertz CT molecular complexity index is 674. The molecule has 0 amide bonds. The normalized spacial score (nSPS) is 10.9. The second-order valence-electron chi connectivity index (χ2n) is 3.79. The van der Waals surface area contributed by atoms with Crippen LogP contribution in [0.4, 0.5) is 0 Å². The molecule has 1 N–H and O–H groups in total. The van der Waals surface area contributed by atoms with E-state index in [0.29, 0.717) is 17.7 Å². The van der Waals surface area contributed by atoms with E-state index >= 15 is 0 Å². The van der Waals surface area contributed by atoms with Gasteiger partial charge in [-0.25, -0.2) is 9.78 Å². The van der Waals surface area contributed by atoms with Gasteiger partial charge in [-0.15, -0.1) is 0 Å². The Morgan fingerprint density at radius 1 is 1.56 bits per heavy atom. The van der Waals surface area contributed by atoms with Crippen LogP contribution in [0.1, 0.15) is 6.92 Å². The minimum atomic E-state index is -0.382. The molecule has 0 bridgehead atoms. The smallest absolute Gasteiger partial charge is 0.332 e. The first-order valence-electron chi connectivity index (χ1n) is 4.79. The quantitative estimate of drug-likeness (QED) is 0.724. The highest BCUT2D eigenvalue weighted by Gasteiger charge is 2.12. The van der Waals surface area contributed by atoms with E-state index in [4.69, 9.17) is 0 Å². The van der Waals surface area contributed by atoms with Crippen molar-refractivity contribution in [3.63, 3.8) is 0 Å². The van der Waals surface area contributed by atoms with Crippen molar-refractivity contribution in [3.05, 3.63) is 39.3 Å². The molecule has 0 aliphatic carbocycles. The molecule has 2 heterocycles. The molecule has 84 valence electrons. The van der Waals surface area contributed by atoms with Crippen molar-refractivity contribution in [2.45, 2.75) is 13.5 Å². The lowest BCUT2D eigenvalue weighted by Crippen LogP contribution is -2.38. The Hall–Kier alpha value is -2.11. The number of nitrogens with one attached hydrogen (secondary N) is 1. The molecular formula is C10H12N4O2. The Balaban J connectivity index is 2.91. The summed E-state index contributed by atoms with van der Waals surface area (Å²) in [6.07, 6.45) is 1.40. The molecule has 0 aliphatic heterocycles. The summed E-state index contributed by atoms with van der Waals surface area (Å²) in [5, 5.41) is 0. The fourth-order valence-corrected chi connectivity index (χ4v) is 1.59. The first kappa shape index (κ1) is 10.4. The van der Waals surface area contributed by atoms with Gasteiger partial charge >= 0.3 is 5.69 Å². The van der Waals surface area contributed by atoms with Gasteiger partial charge in [0.1, 0.15) is 5.52 Å². The van der Waals surface area contributed by atoms with Gasteiger partial charge in [0.05, 0.1) is 6.33 Å². The number of allylic oxidation sites excluding steroid dienone is 1. The summed E-state index contributed by atoms with van der Waals surface area (Å²) in [6.45, 7) is 5.92. The third kappa shape index (κ3) is 1.39. The van der Waals surface area contributed by atoms with E-state index in [1.807, 2.05) is 6.92 Å². The van der Waals surface area contributed by atoms with Gasteiger partial charge in [0.25, 0.3) is 5.56 Å². The summed E-state index contributed by atoms with van der Waals surface area (Å²) in [4.78, 5) is 30.3. The van der Waals surface area contributed by atoms with E-state index in [2.05, 4.69) is 16.5 Å². The highest BCUT2D eigenvalue weighted by Crippen LogP contribution is 2.03. The van der Waals surface area contributed by atoms with Crippen molar-refractivity contribution < 1.29 is 0 Å². The second kappa shape index (κ2) is 3.48. The molecule has 2 aromatic heterocycles. The largest absolute Gasteiger partial charge is 0.339 e. The highest BCUT2D eigenvalue weighted by molar-refractivity contribution is 5.68. The predicted molar refractivity (Wildman–Crippen MR) is 60.4 cm³/mol. The van der Waals surface area contributed by atoms with Crippen molar-refractivity contribution in [3.8, 4) is 0 Å². The highest BCUT2D eigenvalue weighted by atomic mass is 16.2. The van der Waals surface area contributed by atoms with E-state index in [9.17, 15) is 9.59 Å². The van der Waals surface area contributed by atoms with Crippen LogP contribution in [0.3, 0.4) is 0 Å². The van der Waals surface area contributed by atoms with Crippen molar-refractivity contribution >= 4 is 11.2 Å². The Labute approximate surface area is 90.9 Å². The van der Waals surface area contributed by atoms with Crippen molar-refractivity contribution in [2.75, 3.05) is 0 Å². The molecule has 16 heavy (non-hydrogen) atoms. The zero-order valence-corrected chi connectivity index (χ0v) is 9.15. The molecule has 0 unspecified atom stereocenters. The van der Waals surface area contributed by atoms with Gasteiger partial charge in [-0.1, -0.05) is 12.2 Å². The fourth-order valence-electron chi connectivity index (χ4n) is 1.59. The number of nitrogens with zero attached hydrogens (tertiary/aromatic N) is 3. The summed E-state index contributed by atoms with van der Waals surface area (Å²) in [5.41, 5.74) is 0.785. The van der Waals surface area contributed by atoms with Gasteiger partial charge in [0.2, 0.25) is 0 Å². The Morgan fingerprint density at radius 2 is 2.25 bits per heavy atom. The van der Waals surface area contributed by atoms with Crippen LogP contribution >= 0.6 is 0 Å². The van der Waals surface area contributed by atoms with Gasteiger partial charge in [-0.2, -0.15) is 0 Å². The Morgan fingerprint density at radius 3 is 2.88 bits per heavy atom. The molecule has 6 nitrogen and oxygen atoms in total. The third-order valence-corrected chi connectivity index (χ3v) is 2.34. The molecular weight excluding hydrogens is 208 g/mol. The third-order valence-electron chi connectivity index (χ3n) is 2.34. The lowest BCUT2D eigenvalue weighted by atomic mass is 10.3. The topological polar surface area (TPSA) is 72.7 Å². The van der Waals surface area contributed by atoms with Gasteiger partial charge in [-0.05, 0) is 6.92 Å². The number of H-pyrrole nitrogens is 1. The summed E-state index contributed by atoms with van der Waals surface area (Å²) >= 11 is 0. The number of rotatable bonds is 2. The first-order valence-corrected chi connectivity index (χ1v) is 4.79. The van der Waals surface area contributed by atoms with E-state index in [1.54, 1.807) is 0 Å². The standard InChI is InChI=1S/C10H12N4O2/c1-6(2)4-14-8-7(11-5-12-8)9(15)13(3)10(14)16/h5H,1,4H2,2-3H3,(H,11,12). The van der Waals surface area contributed by atoms with E-state index in [1.165, 1.54) is 17.9 Å². The number of aromatic amines is 1. The van der Waals surface area contributed by atoms with Crippen LogP contribution in [0.15, 0.2) is 28.1 Å². The summed E-state index contributed by atoms with van der Waals surface area (Å²) < 4.78 is 2.49. The van der Waals surface area contributed by atoms with Gasteiger partial charge in [-0.3, -0.25) is 13.9 Å². The average Bonchev–Trinajstić information content (AvgIpc) is 2.69. The molecule has 0 saturated carbocycles. The van der Waals surface area contributed by atoms with Crippen molar-refractivity contribution in [1.29, 1.82) is 0 Å². The SMILES string of the molecule is C=C(C)Cn1c(=O)n(C)c(=O)c2[nH]cnc21.